The van der Waals surface area contributed by atoms with Crippen LogP contribution < -0.4 is 4.72 Å². The Kier molecular flexibility index (Phi) is 5.23. The van der Waals surface area contributed by atoms with Crippen molar-refractivity contribution < 1.29 is 22.8 Å². The maximum atomic E-state index is 11.4. The van der Waals surface area contributed by atoms with E-state index in [9.17, 15) is 13.2 Å². The molecule has 0 unspecified atom stereocenters. The first-order valence-electron chi connectivity index (χ1n) is 5.37. The maximum Gasteiger partial charge on any atom is 0.303 e. The largest absolute Gasteiger partial charge is 0.481 e. The molecular weight excluding hydrogens is 262 g/mol. The van der Waals surface area contributed by atoms with E-state index in [-0.39, 0.29) is 25.1 Å². The molecule has 8 nitrogen and oxygen atoms in total. The molecule has 0 saturated carbocycles. The summed E-state index contributed by atoms with van der Waals surface area (Å²) in [6.45, 7) is 1.82. The Hall–Kier alpha value is -1.48. The van der Waals surface area contributed by atoms with Crippen molar-refractivity contribution in [1.82, 2.24) is 14.9 Å². The quantitative estimate of drug-likeness (QED) is 0.669. The molecule has 0 amide bonds. The van der Waals surface area contributed by atoms with E-state index in [2.05, 4.69) is 14.9 Å². The third-order valence-electron chi connectivity index (χ3n) is 2.03. The van der Waals surface area contributed by atoms with E-state index in [1.165, 1.54) is 0 Å². The number of aromatic nitrogens is 2. The SMILES string of the molecule is Cc1noc(CCNS(=O)(=O)CCCC(=O)O)n1. The Bertz CT molecular complexity index is 496. The molecule has 0 fully saturated rings. The lowest BCUT2D eigenvalue weighted by Gasteiger charge is -2.03. The summed E-state index contributed by atoms with van der Waals surface area (Å²) in [5, 5.41) is 12.0. The number of hydrogen-bond donors (Lipinski definition) is 2. The number of sulfonamides is 1. The zero-order valence-electron chi connectivity index (χ0n) is 9.92. The zero-order chi connectivity index (χ0) is 13.6. The molecule has 0 aliphatic rings. The van der Waals surface area contributed by atoms with Crippen LogP contribution in [0.3, 0.4) is 0 Å². The minimum atomic E-state index is -3.44. The molecule has 0 saturated heterocycles. The molecule has 9 heteroatoms. The van der Waals surface area contributed by atoms with Gasteiger partial charge in [-0.15, -0.1) is 0 Å². The van der Waals surface area contributed by atoms with E-state index >= 15 is 0 Å². The van der Waals surface area contributed by atoms with Gasteiger partial charge in [-0.25, -0.2) is 13.1 Å². The fourth-order valence-corrected chi connectivity index (χ4v) is 2.32. The van der Waals surface area contributed by atoms with Crippen LogP contribution in [0.1, 0.15) is 24.6 Å². The number of aliphatic carboxylic acids is 1. The van der Waals surface area contributed by atoms with Crippen molar-refractivity contribution >= 4 is 16.0 Å². The number of carbonyl (C=O) groups is 1. The summed E-state index contributed by atoms with van der Waals surface area (Å²) < 4.78 is 30.0. The van der Waals surface area contributed by atoms with E-state index in [0.29, 0.717) is 18.1 Å². The second-order valence-electron chi connectivity index (χ2n) is 3.70. The van der Waals surface area contributed by atoms with Crippen LogP contribution in [-0.4, -0.2) is 41.9 Å². The Morgan fingerprint density at radius 1 is 1.50 bits per heavy atom. The van der Waals surface area contributed by atoms with Gasteiger partial charge in [0.25, 0.3) is 0 Å². The van der Waals surface area contributed by atoms with Crippen molar-refractivity contribution in [2.75, 3.05) is 12.3 Å². The van der Waals surface area contributed by atoms with Gasteiger partial charge in [0, 0.05) is 19.4 Å². The second-order valence-corrected chi connectivity index (χ2v) is 5.62. The van der Waals surface area contributed by atoms with Gasteiger partial charge in [0.05, 0.1) is 5.75 Å². The molecule has 0 aliphatic carbocycles. The van der Waals surface area contributed by atoms with Crippen molar-refractivity contribution in [2.24, 2.45) is 0 Å². The molecule has 1 rings (SSSR count). The van der Waals surface area contributed by atoms with E-state index in [4.69, 9.17) is 9.63 Å². The van der Waals surface area contributed by atoms with Crippen molar-refractivity contribution in [3.05, 3.63) is 11.7 Å². The molecule has 18 heavy (non-hydrogen) atoms. The highest BCUT2D eigenvalue weighted by molar-refractivity contribution is 7.89. The minimum Gasteiger partial charge on any atom is -0.481 e. The molecule has 0 radical (unpaired) electrons. The molecule has 0 aromatic carbocycles. The number of carboxylic acids is 1. The summed E-state index contributed by atoms with van der Waals surface area (Å²) in [7, 11) is -3.44. The third-order valence-corrected chi connectivity index (χ3v) is 3.50. The van der Waals surface area contributed by atoms with Crippen molar-refractivity contribution in [1.29, 1.82) is 0 Å². The molecule has 0 spiro atoms. The van der Waals surface area contributed by atoms with E-state index < -0.39 is 16.0 Å². The van der Waals surface area contributed by atoms with Gasteiger partial charge in [-0.1, -0.05) is 5.16 Å². The molecule has 0 bridgehead atoms. The number of rotatable bonds is 8. The van der Waals surface area contributed by atoms with E-state index in [0.717, 1.165) is 0 Å². The van der Waals surface area contributed by atoms with Crippen molar-refractivity contribution in [3.8, 4) is 0 Å². The van der Waals surface area contributed by atoms with Gasteiger partial charge in [0.2, 0.25) is 15.9 Å². The van der Waals surface area contributed by atoms with E-state index in [1.54, 1.807) is 6.92 Å². The van der Waals surface area contributed by atoms with E-state index in [1.807, 2.05) is 0 Å². The molecule has 1 aromatic heterocycles. The maximum absolute atomic E-state index is 11.4. The Morgan fingerprint density at radius 2 is 2.22 bits per heavy atom. The minimum absolute atomic E-state index is 0.0876. The van der Waals surface area contributed by atoms with Gasteiger partial charge in [-0.2, -0.15) is 4.98 Å². The number of hydrogen-bond acceptors (Lipinski definition) is 6. The van der Waals surface area contributed by atoms with Gasteiger partial charge in [-0.3, -0.25) is 4.79 Å². The van der Waals surface area contributed by atoms with Crippen LogP contribution in [0.4, 0.5) is 0 Å². The lowest BCUT2D eigenvalue weighted by Crippen LogP contribution is -2.28. The first kappa shape index (κ1) is 14.6. The average Bonchev–Trinajstić information content (AvgIpc) is 2.63. The summed E-state index contributed by atoms with van der Waals surface area (Å²) in [4.78, 5) is 14.2. The highest BCUT2D eigenvalue weighted by Gasteiger charge is 2.11. The first-order chi connectivity index (χ1) is 8.39. The molecule has 2 N–H and O–H groups in total. The van der Waals surface area contributed by atoms with Gasteiger partial charge >= 0.3 is 5.97 Å². The monoisotopic (exact) mass is 277 g/mol. The van der Waals surface area contributed by atoms with Gasteiger partial charge < -0.3 is 9.63 Å². The fourth-order valence-electron chi connectivity index (χ4n) is 1.24. The predicted molar refractivity (Wildman–Crippen MR) is 61.4 cm³/mol. The smallest absolute Gasteiger partial charge is 0.303 e. The first-order valence-corrected chi connectivity index (χ1v) is 7.02. The van der Waals surface area contributed by atoms with Gasteiger partial charge in [0.15, 0.2) is 5.82 Å². The molecule has 102 valence electrons. The Morgan fingerprint density at radius 3 is 2.78 bits per heavy atom. The number of carboxylic acid groups (broad SMARTS) is 1. The Balaban J connectivity index is 2.27. The zero-order valence-corrected chi connectivity index (χ0v) is 10.7. The molecule has 0 aliphatic heterocycles. The molecule has 1 heterocycles. The average molecular weight is 277 g/mol. The molecule has 1 aromatic rings. The van der Waals surface area contributed by atoms with Crippen molar-refractivity contribution in [3.63, 3.8) is 0 Å². The lowest BCUT2D eigenvalue weighted by molar-refractivity contribution is -0.137. The van der Waals surface area contributed by atoms with Crippen LogP contribution in [0, 0.1) is 6.92 Å². The summed E-state index contributed by atoms with van der Waals surface area (Å²) in [5.41, 5.74) is 0. The molecule has 0 atom stereocenters. The van der Waals surface area contributed by atoms with Crippen molar-refractivity contribution in [2.45, 2.75) is 26.2 Å². The summed E-state index contributed by atoms with van der Waals surface area (Å²) in [6.07, 6.45) is 0.229. The van der Waals surface area contributed by atoms with Crippen LogP contribution in [0.2, 0.25) is 0 Å². The van der Waals surface area contributed by atoms with Crippen LogP contribution in [0.25, 0.3) is 0 Å². The molecular formula is C9H15N3O5S. The standard InChI is InChI=1S/C9H15N3O5S/c1-7-11-8(17-12-7)4-5-10-18(15,16)6-2-3-9(13)14/h10H,2-6H2,1H3,(H,13,14). The highest BCUT2D eigenvalue weighted by Crippen LogP contribution is 1.98. The number of aryl methyl sites for hydroxylation is 1. The summed E-state index contributed by atoms with van der Waals surface area (Å²) >= 11 is 0. The number of nitrogens with zero attached hydrogens (tertiary/aromatic N) is 2. The second kappa shape index (κ2) is 6.45. The highest BCUT2D eigenvalue weighted by atomic mass is 32.2. The fraction of sp³-hybridized carbons (Fsp3) is 0.667. The summed E-state index contributed by atoms with van der Waals surface area (Å²) in [5.74, 6) is -0.357. The van der Waals surface area contributed by atoms with Gasteiger partial charge in [0.1, 0.15) is 0 Å². The van der Waals surface area contributed by atoms with Crippen LogP contribution in [-0.2, 0) is 21.2 Å². The summed E-state index contributed by atoms with van der Waals surface area (Å²) in [6, 6.07) is 0. The number of nitrogens with one attached hydrogen (secondary N) is 1. The Labute approximate surface area is 104 Å². The normalized spacial score (nSPS) is 11.6. The third kappa shape index (κ3) is 5.73. The van der Waals surface area contributed by atoms with Crippen LogP contribution in [0.5, 0.6) is 0 Å². The van der Waals surface area contributed by atoms with Gasteiger partial charge in [-0.05, 0) is 13.3 Å². The lowest BCUT2D eigenvalue weighted by atomic mass is 10.3. The van der Waals surface area contributed by atoms with Crippen LogP contribution in [0.15, 0.2) is 4.52 Å². The van der Waals surface area contributed by atoms with Crippen LogP contribution >= 0.6 is 0 Å². The predicted octanol–water partition coefficient (Wildman–Crippen LogP) is -0.295. The topological polar surface area (TPSA) is 122 Å².